The molecule has 0 aliphatic heterocycles. The number of hydrogen-bond acceptors (Lipinski definition) is 7. The first-order valence-electron chi connectivity index (χ1n) is 3.81. The number of ether oxygens (including phenoxy) is 1. The van der Waals surface area contributed by atoms with Crippen molar-refractivity contribution in [2.24, 2.45) is 5.92 Å². The Bertz CT molecular complexity index is 181. The van der Waals surface area contributed by atoms with Gasteiger partial charge in [-0.3, -0.25) is 0 Å². The third-order valence-corrected chi connectivity index (χ3v) is 1.85. The number of carbonyl (C=O) groups excluding carboxylic acids is 1. The first-order chi connectivity index (χ1) is 6.41. The molecule has 3 atom stereocenters. The molecule has 0 bridgehead atoms. The maximum atomic E-state index is 10.3. The van der Waals surface area contributed by atoms with Crippen LogP contribution in [0.25, 0.3) is 0 Å². The molecule has 0 rings (SSSR count). The zero-order valence-corrected chi connectivity index (χ0v) is 7.57. The second kappa shape index (κ2) is 5.35. The Balaban J connectivity index is 4.64. The summed E-state index contributed by atoms with van der Waals surface area (Å²) in [7, 11) is 1.03. The van der Waals surface area contributed by atoms with Crippen molar-refractivity contribution in [2.45, 2.75) is 18.2 Å². The van der Waals surface area contributed by atoms with Gasteiger partial charge in [-0.25, -0.2) is 0 Å². The van der Waals surface area contributed by atoms with Crippen molar-refractivity contribution in [3.8, 4) is 0 Å². The van der Waals surface area contributed by atoms with E-state index in [1.807, 2.05) is 0 Å². The summed E-state index contributed by atoms with van der Waals surface area (Å²) in [5, 5.41) is 45.1. The average molecular weight is 210 g/mol. The first kappa shape index (κ1) is 13.4. The molecule has 84 valence electrons. The molecule has 0 heterocycles. The van der Waals surface area contributed by atoms with E-state index in [0.29, 0.717) is 0 Å². The Labute approximate surface area is 80.2 Å². The van der Waals surface area contributed by atoms with Crippen LogP contribution in [-0.4, -0.2) is 63.7 Å². The molecular weight excluding hydrogens is 196 g/mol. The highest BCUT2D eigenvalue weighted by atomic mass is 16.6. The van der Waals surface area contributed by atoms with Crippen molar-refractivity contribution in [3.63, 3.8) is 0 Å². The zero-order chi connectivity index (χ0) is 11.4. The SMILES string of the molecule is COC(O)[C@@H](O)C(O)(O)[C@H](C=O)CO. The van der Waals surface area contributed by atoms with Gasteiger partial charge >= 0.3 is 0 Å². The molecule has 0 aromatic carbocycles. The van der Waals surface area contributed by atoms with Crippen LogP contribution in [-0.2, 0) is 9.53 Å². The van der Waals surface area contributed by atoms with Crippen LogP contribution in [0.5, 0.6) is 0 Å². The van der Waals surface area contributed by atoms with Gasteiger partial charge in [-0.1, -0.05) is 0 Å². The summed E-state index contributed by atoms with van der Waals surface area (Å²) in [5.41, 5.74) is 0. The standard InChI is InChI=1S/C7H14O7/c1-14-6(11)5(10)7(12,13)4(2-8)3-9/h2,4-6,9-13H,3H2,1H3/t4-,5-,6?/m1/s1. The number of aldehydes is 1. The van der Waals surface area contributed by atoms with Crippen molar-refractivity contribution in [3.05, 3.63) is 0 Å². The van der Waals surface area contributed by atoms with Crippen LogP contribution < -0.4 is 0 Å². The van der Waals surface area contributed by atoms with Crippen LogP contribution in [0.2, 0.25) is 0 Å². The van der Waals surface area contributed by atoms with E-state index >= 15 is 0 Å². The minimum absolute atomic E-state index is 0.0611. The molecule has 0 amide bonds. The lowest BCUT2D eigenvalue weighted by Gasteiger charge is -2.32. The van der Waals surface area contributed by atoms with E-state index in [4.69, 9.17) is 15.3 Å². The second-order valence-corrected chi connectivity index (χ2v) is 2.78. The lowest BCUT2D eigenvalue weighted by Crippen LogP contribution is -2.56. The number of hydrogen-bond donors (Lipinski definition) is 5. The fraction of sp³-hybridized carbons (Fsp3) is 0.857. The predicted octanol–water partition coefficient (Wildman–Crippen LogP) is -3.20. The number of aliphatic hydroxyl groups is 5. The molecule has 7 heteroatoms. The van der Waals surface area contributed by atoms with Crippen molar-refractivity contribution in [2.75, 3.05) is 13.7 Å². The van der Waals surface area contributed by atoms with Crippen molar-refractivity contribution in [1.82, 2.24) is 0 Å². The highest BCUT2D eigenvalue weighted by Crippen LogP contribution is 2.19. The van der Waals surface area contributed by atoms with E-state index in [9.17, 15) is 15.0 Å². The molecule has 14 heavy (non-hydrogen) atoms. The molecule has 0 radical (unpaired) electrons. The molecule has 0 spiro atoms. The molecule has 0 aromatic heterocycles. The lowest BCUT2D eigenvalue weighted by atomic mass is 9.95. The summed E-state index contributed by atoms with van der Waals surface area (Å²) in [6.45, 7) is -0.871. The summed E-state index contributed by atoms with van der Waals surface area (Å²) < 4.78 is 4.23. The Hall–Kier alpha value is -0.570. The van der Waals surface area contributed by atoms with E-state index in [2.05, 4.69) is 4.74 Å². The van der Waals surface area contributed by atoms with Gasteiger partial charge < -0.3 is 35.1 Å². The lowest BCUT2D eigenvalue weighted by molar-refractivity contribution is -0.301. The quantitative estimate of drug-likeness (QED) is 0.231. The maximum absolute atomic E-state index is 10.3. The fourth-order valence-corrected chi connectivity index (χ4v) is 0.836. The van der Waals surface area contributed by atoms with Gasteiger partial charge in [0.25, 0.3) is 0 Å². The van der Waals surface area contributed by atoms with E-state index in [0.717, 1.165) is 7.11 Å². The molecule has 1 unspecified atom stereocenters. The number of aliphatic hydroxyl groups excluding tert-OH is 3. The summed E-state index contributed by atoms with van der Waals surface area (Å²) in [4.78, 5) is 10.3. The van der Waals surface area contributed by atoms with Gasteiger partial charge in [-0.05, 0) is 0 Å². The molecule has 0 fully saturated rings. The van der Waals surface area contributed by atoms with Gasteiger partial charge in [0.1, 0.15) is 6.29 Å². The van der Waals surface area contributed by atoms with E-state index in [-0.39, 0.29) is 6.29 Å². The van der Waals surface area contributed by atoms with Crippen LogP contribution in [0, 0.1) is 5.92 Å². The van der Waals surface area contributed by atoms with Gasteiger partial charge in [0.2, 0.25) is 5.79 Å². The van der Waals surface area contributed by atoms with E-state index in [1.165, 1.54) is 0 Å². The van der Waals surface area contributed by atoms with Crippen LogP contribution in [0.3, 0.4) is 0 Å². The number of carbonyl (C=O) groups is 1. The molecule has 0 aromatic rings. The van der Waals surface area contributed by atoms with Gasteiger partial charge in [-0.15, -0.1) is 0 Å². The first-order valence-corrected chi connectivity index (χ1v) is 3.81. The van der Waals surface area contributed by atoms with Gasteiger partial charge in [-0.2, -0.15) is 0 Å². The molecule has 5 N–H and O–H groups in total. The Kier molecular flexibility index (Phi) is 5.13. The van der Waals surface area contributed by atoms with Gasteiger partial charge in [0.05, 0.1) is 12.5 Å². The van der Waals surface area contributed by atoms with Crippen LogP contribution in [0.1, 0.15) is 0 Å². The Morgan fingerprint density at radius 1 is 1.43 bits per heavy atom. The van der Waals surface area contributed by atoms with Gasteiger partial charge in [0, 0.05) is 7.11 Å². The smallest absolute Gasteiger partial charge is 0.206 e. The minimum Gasteiger partial charge on any atom is -0.395 e. The van der Waals surface area contributed by atoms with Gasteiger partial charge in [0.15, 0.2) is 12.4 Å². The highest BCUT2D eigenvalue weighted by Gasteiger charge is 2.45. The van der Waals surface area contributed by atoms with Crippen LogP contribution in [0.15, 0.2) is 0 Å². The third kappa shape index (κ3) is 2.71. The molecule has 0 aliphatic carbocycles. The average Bonchev–Trinajstić information content (AvgIpc) is 2.16. The van der Waals surface area contributed by atoms with Crippen molar-refractivity contribution in [1.29, 1.82) is 0 Å². The Morgan fingerprint density at radius 3 is 2.21 bits per heavy atom. The Morgan fingerprint density at radius 2 is 1.93 bits per heavy atom. The molecule has 0 aliphatic rings. The zero-order valence-electron chi connectivity index (χ0n) is 7.57. The van der Waals surface area contributed by atoms with Crippen molar-refractivity contribution >= 4 is 6.29 Å². The minimum atomic E-state index is -2.94. The molecular formula is C7H14O7. The van der Waals surface area contributed by atoms with E-state index in [1.54, 1.807) is 0 Å². The highest BCUT2D eigenvalue weighted by molar-refractivity contribution is 5.55. The number of rotatable bonds is 6. The van der Waals surface area contributed by atoms with Crippen LogP contribution >= 0.6 is 0 Å². The normalized spacial score (nSPS) is 18.7. The maximum Gasteiger partial charge on any atom is 0.206 e. The van der Waals surface area contributed by atoms with Crippen LogP contribution in [0.4, 0.5) is 0 Å². The van der Waals surface area contributed by atoms with Crippen molar-refractivity contribution < 1.29 is 35.1 Å². The predicted molar refractivity (Wildman–Crippen MR) is 42.8 cm³/mol. The summed E-state index contributed by atoms with van der Waals surface area (Å²) in [6.07, 6.45) is -3.92. The largest absolute Gasteiger partial charge is 0.395 e. The summed E-state index contributed by atoms with van der Waals surface area (Å²) in [5.74, 6) is -4.56. The molecule has 0 saturated heterocycles. The monoisotopic (exact) mass is 210 g/mol. The fourth-order valence-electron chi connectivity index (χ4n) is 0.836. The summed E-state index contributed by atoms with van der Waals surface area (Å²) >= 11 is 0. The third-order valence-electron chi connectivity index (χ3n) is 1.85. The second-order valence-electron chi connectivity index (χ2n) is 2.78. The number of methoxy groups -OCH3 is 1. The topological polar surface area (TPSA) is 127 Å². The summed E-state index contributed by atoms with van der Waals surface area (Å²) in [6, 6.07) is 0. The molecule has 7 nitrogen and oxygen atoms in total. The molecule has 0 saturated carbocycles. The van der Waals surface area contributed by atoms with E-state index < -0.39 is 30.7 Å².